The van der Waals surface area contributed by atoms with Gasteiger partial charge in [-0.1, -0.05) is 35.9 Å². The molecule has 1 aliphatic carbocycles. The van der Waals surface area contributed by atoms with Crippen molar-refractivity contribution in [3.05, 3.63) is 59.2 Å². The topological polar surface area (TPSA) is 116 Å². The van der Waals surface area contributed by atoms with Gasteiger partial charge in [-0.2, -0.15) is 5.10 Å². The highest BCUT2D eigenvalue weighted by Crippen LogP contribution is 2.36. The Kier molecular flexibility index (Phi) is 6.72. The molecule has 2 amide bonds. The van der Waals surface area contributed by atoms with Crippen LogP contribution in [0.1, 0.15) is 48.3 Å². The van der Waals surface area contributed by atoms with Crippen LogP contribution in [0.5, 0.6) is 0 Å². The number of carbonyl (C=O) groups excluding carboxylic acids is 2. The number of nitrogens with zero attached hydrogens (tertiary/aromatic N) is 2. The SMILES string of the molecule is Cc1ccc2[nH]nc(NCC(=O)NC3CN([C@H]4CC[C@@H](c5ccc(CC(N)=O)cc5)CC4)C3)c2c1. The molecule has 8 heteroatoms. The van der Waals surface area contributed by atoms with Crippen molar-refractivity contribution in [1.29, 1.82) is 0 Å². The molecule has 0 unspecified atom stereocenters. The number of fused-ring (bicyclic) bond motifs is 1. The molecular formula is C27H34N6O2. The minimum absolute atomic E-state index is 0.00180. The average Bonchev–Trinajstić information content (AvgIpc) is 3.22. The number of aromatic nitrogens is 2. The number of primary amides is 1. The minimum atomic E-state index is -0.292. The Labute approximate surface area is 205 Å². The number of aryl methyl sites for hydroxylation is 1. The highest BCUT2D eigenvalue weighted by Gasteiger charge is 2.35. The van der Waals surface area contributed by atoms with E-state index in [0.717, 1.165) is 35.1 Å². The van der Waals surface area contributed by atoms with Gasteiger partial charge < -0.3 is 16.4 Å². The number of H-pyrrole nitrogens is 1. The first-order chi connectivity index (χ1) is 16.9. The van der Waals surface area contributed by atoms with E-state index < -0.39 is 0 Å². The highest BCUT2D eigenvalue weighted by atomic mass is 16.2. The van der Waals surface area contributed by atoms with Crippen LogP contribution in [0.15, 0.2) is 42.5 Å². The standard InChI is InChI=1S/C27H34N6O2/c1-17-2-11-24-23(12-17)27(32-31-24)29-14-26(35)30-21-15-33(16-21)22-9-7-20(8-10-22)19-5-3-18(4-6-19)13-25(28)34/h2-6,11-12,20-22H,7-10,13-16H2,1H3,(H2,28,34)(H,30,35)(H2,29,31,32)/t20-,22+. The average molecular weight is 475 g/mol. The molecule has 0 atom stereocenters. The predicted molar refractivity (Wildman–Crippen MR) is 137 cm³/mol. The van der Waals surface area contributed by atoms with Crippen LogP contribution >= 0.6 is 0 Å². The van der Waals surface area contributed by atoms with Crippen molar-refractivity contribution in [2.45, 2.75) is 57.0 Å². The van der Waals surface area contributed by atoms with Crippen molar-refractivity contribution in [3.63, 3.8) is 0 Å². The second kappa shape index (κ2) is 10.1. The van der Waals surface area contributed by atoms with Gasteiger partial charge in [0.2, 0.25) is 11.8 Å². The lowest BCUT2D eigenvalue weighted by molar-refractivity contribution is -0.121. The number of hydrogen-bond acceptors (Lipinski definition) is 5. The molecule has 2 aromatic carbocycles. The normalized spacial score (nSPS) is 20.9. The third-order valence-electron chi connectivity index (χ3n) is 7.45. The third-order valence-corrected chi connectivity index (χ3v) is 7.45. The molecule has 0 bridgehead atoms. The summed E-state index contributed by atoms with van der Waals surface area (Å²) in [6.45, 7) is 4.11. The first kappa shape index (κ1) is 23.4. The van der Waals surface area contributed by atoms with Crippen LogP contribution < -0.4 is 16.4 Å². The zero-order valence-corrected chi connectivity index (χ0v) is 20.2. The van der Waals surface area contributed by atoms with Crippen LogP contribution in [0.2, 0.25) is 0 Å². The van der Waals surface area contributed by atoms with E-state index in [0.29, 0.717) is 24.2 Å². The van der Waals surface area contributed by atoms with E-state index in [4.69, 9.17) is 5.73 Å². The van der Waals surface area contributed by atoms with Crippen molar-refractivity contribution in [2.75, 3.05) is 25.0 Å². The van der Waals surface area contributed by atoms with Gasteiger partial charge in [0.05, 0.1) is 24.5 Å². The summed E-state index contributed by atoms with van der Waals surface area (Å²) < 4.78 is 0. The molecule has 1 saturated heterocycles. The summed E-state index contributed by atoms with van der Waals surface area (Å²) in [6, 6.07) is 15.3. The molecule has 35 heavy (non-hydrogen) atoms. The van der Waals surface area contributed by atoms with E-state index >= 15 is 0 Å². The number of rotatable bonds is 8. The van der Waals surface area contributed by atoms with Crippen molar-refractivity contribution < 1.29 is 9.59 Å². The zero-order valence-electron chi connectivity index (χ0n) is 20.2. The first-order valence-corrected chi connectivity index (χ1v) is 12.5. The van der Waals surface area contributed by atoms with E-state index in [-0.39, 0.29) is 24.4 Å². The van der Waals surface area contributed by atoms with E-state index in [2.05, 4.69) is 43.9 Å². The molecule has 5 N–H and O–H groups in total. The number of hydrogen-bond donors (Lipinski definition) is 4. The van der Waals surface area contributed by atoms with Crippen LogP contribution in [0.3, 0.4) is 0 Å². The Morgan fingerprint density at radius 3 is 2.54 bits per heavy atom. The Balaban J connectivity index is 1.02. The molecular weight excluding hydrogens is 440 g/mol. The first-order valence-electron chi connectivity index (χ1n) is 12.5. The number of nitrogens with one attached hydrogen (secondary N) is 3. The molecule has 1 aromatic heterocycles. The lowest BCUT2D eigenvalue weighted by Gasteiger charge is -2.46. The second-order valence-electron chi connectivity index (χ2n) is 10.1. The van der Waals surface area contributed by atoms with Crippen LogP contribution in [0.4, 0.5) is 5.82 Å². The molecule has 5 rings (SSSR count). The summed E-state index contributed by atoms with van der Waals surface area (Å²) in [6.07, 6.45) is 5.02. The maximum atomic E-state index is 12.5. The zero-order chi connectivity index (χ0) is 24.4. The lowest BCUT2D eigenvalue weighted by Crippen LogP contribution is -2.63. The van der Waals surface area contributed by atoms with Gasteiger partial charge >= 0.3 is 0 Å². The third kappa shape index (κ3) is 5.48. The Hall–Kier alpha value is -3.39. The fraction of sp³-hybridized carbons (Fsp3) is 0.444. The Morgan fingerprint density at radius 1 is 1.09 bits per heavy atom. The molecule has 2 fully saturated rings. The van der Waals surface area contributed by atoms with Crippen LogP contribution in [-0.2, 0) is 16.0 Å². The van der Waals surface area contributed by atoms with Gasteiger partial charge in [-0.15, -0.1) is 0 Å². The van der Waals surface area contributed by atoms with Gasteiger partial charge in [-0.25, -0.2) is 0 Å². The van der Waals surface area contributed by atoms with Crippen molar-refractivity contribution in [1.82, 2.24) is 20.4 Å². The van der Waals surface area contributed by atoms with E-state index in [1.807, 2.05) is 31.2 Å². The van der Waals surface area contributed by atoms with Gasteiger partial charge in [-0.3, -0.25) is 19.6 Å². The molecule has 1 saturated carbocycles. The Bertz CT molecular complexity index is 1190. The van der Waals surface area contributed by atoms with Crippen LogP contribution in [0.25, 0.3) is 10.9 Å². The van der Waals surface area contributed by atoms with Crippen molar-refractivity contribution >= 4 is 28.5 Å². The monoisotopic (exact) mass is 474 g/mol. The Morgan fingerprint density at radius 2 is 1.83 bits per heavy atom. The number of benzene rings is 2. The molecule has 3 aromatic rings. The molecule has 184 valence electrons. The van der Waals surface area contributed by atoms with Crippen LogP contribution in [-0.4, -0.2) is 58.6 Å². The molecule has 8 nitrogen and oxygen atoms in total. The lowest BCUT2D eigenvalue weighted by atomic mass is 9.80. The van der Waals surface area contributed by atoms with Gasteiger partial charge in [0.1, 0.15) is 0 Å². The van der Waals surface area contributed by atoms with Crippen LogP contribution in [0, 0.1) is 6.92 Å². The smallest absolute Gasteiger partial charge is 0.239 e. The van der Waals surface area contributed by atoms with Crippen molar-refractivity contribution in [3.8, 4) is 0 Å². The molecule has 0 radical (unpaired) electrons. The summed E-state index contributed by atoms with van der Waals surface area (Å²) in [5.74, 6) is 1.01. The van der Waals surface area contributed by atoms with E-state index in [1.54, 1.807) is 0 Å². The second-order valence-corrected chi connectivity index (χ2v) is 10.1. The number of carbonyl (C=O) groups is 2. The van der Waals surface area contributed by atoms with Crippen molar-refractivity contribution in [2.24, 2.45) is 5.73 Å². The number of likely N-dealkylation sites (tertiary alicyclic amines) is 1. The summed E-state index contributed by atoms with van der Waals surface area (Å²) in [4.78, 5) is 26.1. The quantitative estimate of drug-likeness (QED) is 0.401. The fourth-order valence-electron chi connectivity index (χ4n) is 5.49. The van der Waals surface area contributed by atoms with Gasteiger partial charge in [0.25, 0.3) is 0 Å². The summed E-state index contributed by atoms with van der Waals surface area (Å²) in [5.41, 5.74) is 9.75. The minimum Gasteiger partial charge on any atom is -0.369 e. The number of aromatic amines is 1. The highest BCUT2D eigenvalue weighted by molar-refractivity contribution is 5.92. The molecule has 0 spiro atoms. The van der Waals surface area contributed by atoms with E-state index in [9.17, 15) is 9.59 Å². The molecule has 2 heterocycles. The number of amides is 2. The molecule has 2 aliphatic rings. The maximum absolute atomic E-state index is 12.5. The maximum Gasteiger partial charge on any atom is 0.239 e. The summed E-state index contributed by atoms with van der Waals surface area (Å²) >= 11 is 0. The summed E-state index contributed by atoms with van der Waals surface area (Å²) in [5, 5.41) is 14.6. The van der Waals surface area contributed by atoms with Gasteiger partial charge in [0, 0.05) is 24.5 Å². The van der Waals surface area contributed by atoms with Gasteiger partial charge in [0.15, 0.2) is 5.82 Å². The van der Waals surface area contributed by atoms with E-state index in [1.165, 1.54) is 31.2 Å². The predicted octanol–water partition coefficient (Wildman–Crippen LogP) is 2.84. The fourth-order valence-corrected chi connectivity index (χ4v) is 5.49. The number of anilines is 1. The number of nitrogens with two attached hydrogens (primary N) is 1. The summed E-state index contributed by atoms with van der Waals surface area (Å²) in [7, 11) is 0. The largest absolute Gasteiger partial charge is 0.369 e. The molecule has 1 aliphatic heterocycles. The van der Waals surface area contributed by atoms with Gasteiger partial charge in [-0.05, 0) is 61.8 Å².